The van der Waals surface area contributed by atoms with Crippen LogP contribution in [0.4, 0.5) is 5.69 Å². The first kappa shape index (κ1) is 14.3. The van der Waals surface area contributed by atoms with Crippen LogP contribution in [0.25, 0.3) is 0 Å². The molecule has 2 N–H and O–H groups in total. The van der Waals surface area contributed by atoms with Crippen molar-refractivity contribution in [2.24, 2.45) is 0 Å². The summed E-state index contributed by atoms with van der Waals surface area (Å²) in [6, 6.07) is 7.53. The zero-order valence-electron chi connectivity index (χ0n) is 11.4. The average Bonchev–Trinajstić information content (AvgIpc) is 2.40. The van der Waals surface area contributed by atoms with Gasteiger partial charge in [0.2, 0.25) is 10.0 Å². The quantitative estimate of drug-likeness (QED) is 0.873. The van der Waals surface area contributed by atoms with Gasteiger partial charge in [0.25, 0.3) is 0 Å². The summed E-state index contributed by atoms with van der Waals surface area (Å²) in [5.41, 5.74) is 0.718. The highest BCUT2D eigenvalue weighted by Crippen LogP contribution is 2.26. The Morgan fingerprint density at radius 3 is 2.53 bits per heavy atom. The second-order valence-electron chi connectivity index (χ2n) is 4.98. The van der Waals surface area contributed by atoms with Crippen LogP contribution in [0.2, 0.25) is 0 Å². The number of hydrogen-bond acceptors (Lipinski definition) is 3. The summed E-state index contributed by atoms with van der Waals surface area (Å²) in [6.07, 6.45) is 5.97. The van der Waals surface area contributed by atoms with Gasteiger partial charge in [-0.2, -0.15) is 0 Å². The van der Waals surface area contributed by atoms with Gasteiger partial charge >= 0.3 is 0 Å². The molecular formula is C14H22N2O2S. The Hall–Kier alpha value is -1.07. The summed E-state index contributed by atoms with van der Waals surface area (Å²) in [6.45, 7) is 2.19. The number of sulfonamides is 1. The van der Waals surface area contributed by atoms with Crippen LogP contribution >= 0.6 is 0 Å². The van der Waals surface area contributed by atoms with Crippen molar-refractivity contribution in [3.05, 3.63) is 24.3 Å². The molecule has 1 saturated carbocycles. The van der Waals surface area contributed by atoms with Gasteiger partial charge in [0.15, 0.2) is 0 Å². The van der Waals surface area contributed by atoms with E-state index in [1.54, 1.807) is 19.1 Å². The van der Waals surface area contributed by atoms with Gasteiger partial charge in [0.05, 0.1) is 5.69 Å². The van der Waals surface area contributed by atoms with Gasteiger partial charge in [0, 0.05) is 12.6 Å². The number of benzene rings is 1. The summed E-state index contributed by atoms with van der Waals surface area (Å²) < 4.78 is 26.8. The molecule has 106 valence electrons. The summed E-state index contributed by atoms with van der Waals surface area (Å²) in [5.74, 6) is 0. The molecule has 0 saturated heterocycles. The summed E-state index contributed by atoms with van der Waals surface area (Å²) >= 11 is 0. The molecule has 5 heteroatoms. The number of rotatable bonds is 5. The highest BCUT2D eigenvalue weighted by Gasteiger charge is 2.20. The maximum Gasteiger partial charge on any atom is 0.242 e. The van der Waals surface area contributed by atoms with Crippen molar-refractivity contribution in [2.75, 3.05) is 11.9 Å². The van der Waals surface area contributed by atoms with E-state index >= 15 is 0 Å². The zero-order valence-corrected chi connectivity index (χ0v) is 12.2. The molecule has 0 spiro atoms. The minimum atomic E-state index is -3.40. The van der Waals surface area contributed by atoms with E-state index in [9.17, 15) is 8.42 Å². The molecule has 0 atom stereocenters. The first-order chi connectivity index (χ1) is 9.13. The third-order valence-electron chi connectivity index (χ3n) is 3.48. The van der Waals surface area contributed by atoms with Crippen LogP contribution < -0.4 is 10.0 Å². The van der Waals surface area contributed by atoms with Crippen LogP contribution in [0.3, 0.4) is 0 Å². The summed E-state index contributed by atoms with van der Waals surface area (Å²) in [7, 11) is -3.40. The van der Waals surface area contributed by atoms with Crippen molar-refractivity contribution in [1.82, 2.24) is 4.72 Å². The molecule has 1 fully saturated rings. The molecule has 0 amide bonds. The van der Waals surface area contributed by atoms with E-state index in [1.165, 1.54) is 19.3 Å². The van der Waals surface area contributed by atoms with Crippen LogP contribution in [0.1, 0.15) is 39.0 Å². The minimum Gasteiger partial charge on any atom is -0.381 e. The second-order valence-corrected chi connectivity index (χ2v) is 6.71. The molecule has 0 heterocycles. The van der Waals surface area contributed by atoms with E-state index in [0.717, 1.165) is 18.5 Å². The van der Waals surface area contributed by atoms with Gasteiger partial charge in [0.1, 0.15) is 4.90 Å². The molecule has 19 heavy (non-hydrogen) atoms. The van der Waals surface area contributed by atoms with E-state index < -0.39 is 10.0 Å². The molecule has 4 nitrogen and oxygen atoms in total. The lowest BCUT2D eigenvalue weighted by molar-refractivity contribution is 0.462. The Kier molecular flexibility index (Phi) is 4.82. The summed E-state index contributed by atoms with van der Waals surface area (Å²) in [5, 5.41) is 3.39. The smallest absolute Gasteiger partial charge is 0.242 e. The number of para-hydroxylation sites is 1. The second kappa shape index (κ2) is 6.39. The van der Waals surface area contributed by atoms with E-state index in [-0.39, 0.29) is 0 Å². The molecule has 0 aliphatic heterocycles. The lowest BCUT2D eigenvalue weighted by atomic mass is 9.95. The van der Waals surface area contributed by atoms with Crippen LogP contribution in [-0.4, -0.2) is 21.0 Å². The fourth-order valence-electron chi connectivity index (χ4n) is 2.55. The fraction of sp³-hybridized carbons (Fsp3) is 0.571. The third-order valence-corrected chi connectivity index (χ3v) is 5.08. The Morgan fingerprint density at radius 2 is 1.84 bits per heavy atom. The van der Waals surface area contributed by atoms with Crippen molar-refractivity contribution in [3.63, 3.8) is 0 Å². The van der Waals surface area contributed by atoms with Gasteiger partial charge in [-0.3, -0.25) is 0 Å². The monoisotopic (exact) mass is 282 g/mol. The topological polar surface area (TPSA) is 58.2 Å². The first-order valence-electron chi connectivity index (χ1n) is 6.98. The maximum atomic E-state index is 12.1. The molecule has 0 aromatic heterocycles. The van der Waals surface area contributed by atoms with Gasteiger partial charge < -0.3 is 5.32 Å². The van der Waals surface area contributed by atoms with Crippen molar-refractivity contribution in [2.45, 2.75) is 50.0 Å². The van der Waals surface area contributed by atoms with E-state index in [0.29, 0.717) is 17.5 Å². The fourth-order valence-corrected chi connectivity index (χ4v) is 3.76. The van der Waals surface area contributed by atoms with Gasteiger partial charge in [-0.1, -0.05) is 38.3 Å². The zero-order chi connectivity index (χ0) is 13.7. The molecule has 1 aromatic rings. The van der Waals surface area contributed by atoms with Crippen molar-refractivity contribution in [3.8, 4) is 0 Å². The Bertz CT molecular complexity index is 508. The summed E-state index contributed by atoms with van der Waals surface area (Å²) in [4.78, 5) is 0.349. The number of nitrogens with one attached hydrogen (secondary N) is 2. The molecule has 0 unspecified atom stereocenters. The number of hydrogen-bond donors (Lipinski definition) is 2. The third kappa shape index (κ3) is 3.70. The van der Waals surface area contributed by atoms with E-state index in [2.05, 4.69) is 10.0 Å². The average molecular weight is 282 g/mol. The Balaban J connectivity index is 2.20. The molecule has 1 aliphatic carbocycles. The van der Waals surface area contributed by atoms with Crippen molar-refractivity contribution >= 4 is 15.7 Å². The first-order valence-corrected chi connectivity index (χ1v) is 8.47. The van der Waals surface area contributed by atoms with Crippen LogP contribution in [0, 0.1) is 0 Å². The standard InChI is InChI=1S/C14H22N2O2S/c1-2-15-19(17,18)14-11-7-6-10-13(14)16-12-8-4-3-5-9-12/h6-7,10-12,15-16H,2-5,8-9H2,1H3. The SMILES string of the molecule is CCNS(=O)(=O)c1ccccc1NC1CCCCC1. The lowest BCUT2D eigenvalue weighted by Gasteiger charge is -2.25. The Morgan fingerprint density at radius 1 is 1.16 bits per heavy atom. The van der Waals surface area contributed by atoms with Crippen LogP contribution in [0.5, 0.6) is 0 Å². The molecule has 2 rings (SSSR count). The van der Waals surface area contributed by atoms with Gasteiger partial charge in [-0.05, 0) is 25.0 Å². The van der Waals surface area contributed by atoms with E-state index in [4.69, 9.17) is 0 Å². The van der Waals surface area contributed by atoms with E-state index in [1.807, 2.05) is 12.1 Å². The molecule has 1 aliphatic rings. The molecule has 1 aromatic carbocycles. The largest absolute Gasteiger partial charge is 0.381 e. The normalized spacial score (nSPS) is 17.3. The van der Waals surface area contributed by atoms with Gasteiger partial charge in [-0.15, -0.1) is 0 Å². The van der Waals surface area contributed by atoms with Crippen molar-refractivity contribution in [1.29, 1.82) is 0 Å². The lowest BCUT2D eigenvalue weighted by Crippen LogP contribution is -2.27. The van der Waals surface area contributed by atoms with Crippen LogP contribution in [-0.2, 0) is 10.0 Å². The van der Waals surface area contributed by atoms with Gasteiger partial charge in [-0.25, -0.2) is 13.1 Å². The predicted molar refractivity (Wildman–Crippen MR) is 77.8 cm³/mol. The predicted octanol–water partition coefficient (Wildman–Crippen LogP) is 2.73. The molecule has 0 bridgehead atoms. The highest BCUT2D eigenvalue weighted by molar-refractivity contribution is 7.89. The minimum absolute atomic E-state index is 0.349. The Labute approximate surface area is 115 Å². The maximum absolute atomic E-state index is 12.1. The number of anilines is 1. The van der Waals surface area contributed by atoms with Crippen LogP contribution in [0.15, 0.2) is 29.2 Å². The molecular weight excluding hydrogens is 260 g/mol. The molecule has 0 radical (unpaired) electrons. The van der Waals surface area contributed by atoms with Crippen molar-refractivity contribution < 1.29 is 8.42 Å². The highest BCUT2D eigenvalue weighted by atomic mass is 32.2.